The molecule has 1 aromatic carbocycles. The van der Waals surface area contributed by atoms with E-state index in [9.17, 15) is 10.4 Å². The fraction of sp³-hybridized carbons (Fsp3) is 0.478. The Balaban J connectivity index is 0.00000190. The summed E-state index contributed by atoms with van der Waals surface area (Å²) >= 11 is 0. The van der Waals surface area contributed by atoms with Crippen LogP contribution in [0.25, 0.3) is 11.1 Å². The number of hydrogen-bond acceptors (Lipinski definition) is 5. The van der Waals surface area contributed by atoms with Gasteiger partial charge < -0.3 is 14.7 Å². The Bertz CT molecular complexity index is 760. The zero-order valence-corrected chi connectivity index (χ0v) is 18.0. The van der Waals surface area contributed by atoms with Gasteiger partial charge in [0.2, 0.25) is 5.88 Å². The second-order valence-corrected chi connectivity index (χ2v) is 6.70. The number of aromatic nitrogens is 1. The molecule has 0 saturated carbocycles. The van der Waals surface area contributed by atoms with Crippen molar-refractivity contribution in [3.63, 3.8) is 0 Å². The van der Waals surface area contributed by atoms with E-state index in [1.54, 1.807) is 6.20 Å². The molecule has 152 valence electrons. The number of aliphatic hydroxyl groups excluding tert-OH is 1. The number of hydrogen-bond donors (Lipinski definition) is 1. The van der Waals surface area contributed by atoms with Gasteiger partial charge in [-0.15, -0.1) is 0 Å². The molecule has 0 bridgehead atoms. The molecule has 0 fully saturated rings. The molecular formula is C23H33N3O2. The quantitative estimate of drug-likeness (QED) is 0.692. The predicted octanol–water partition coefficient (Wildman–Crippen LogP) is 5.03. The lowest BCUT2D eigenvalue weighted by atomic mass is 10.0. The van der Waals surface area contributed by atoms with Crippen molar-refractivity contribution in [3.8, 4) is 23.1 Å². The predicted molar refractivity (Wildman–Crippen MR) is 116 cm³/mol. The van der Waals surface area contributed by atoms with Crippen molar-refractivity contribution >= 4 is 5.69 Å². The van der Waals surface area contributed by atoms with Crippen LogP contribution in [0, 0.1) is 11.3 Å². The summed E-state index contributed by atoms with van der Waals surface area (Å²) in [5.74, 6) is 0.302. The number of nitrogens with zero attached hydrogens (tertiary/aromatic N) is 3. The van der Waals surface area contributed by atoms with Crippen molar-refractivity contribution in [3.05, 3.63) is 42.1 Å². The largest absolute Gasteiger partial charge is 0.471 e. The van der Waals surface area contributed by atoms with Gasteiger partial charge in [0, 0.05) is 43.6 Å². The van der Waals surface area contributed by atoms with Gasteiger partial charge >= 0.3 is 0 Å². The van der Waals surface area contributed by atoms with Crippen LogP contribution in [0.3, 0.4) is 0 Å². The van der Waals surface area contributed by atoms with E-state index in [0.717, 1.165) is 29.9 Å². The number of pyridine rings is 1. The van der Waals surface area contributed by atoms with Crippen molar-refractivity contribution in [2.75, 3.05) is 24.6 Å². The molecule has 0 aliphatic rings. The van der Waals surface area contributed by atoms with Crippen molar-refractivity contribution in [2.24, 2.45) is 0 Å². The molecule has 0 atom stereocenters. The Morgan fingerprint density at radius 1 is 1.11 bits per heavy atom. The lowest BCUT2D eigenvalue weighted by molar-refractivity contribution is 0.0714. The summed E-state index contributed by atoms with van der Waals surface area (Å²) in [5, 5.41) is 18.9. The average Bonchev–Trinajstić information content (AvgIpc) is 2.70. The van der Waals surface area contributed by atoms with Crippen molar-refractivity contribution in [2.45, 2.75) is 53.6 Å². The lowest BCUT2D eigenvalue weighted by Gasteiger charge is -2.25. The summed E-state index contributed by atoms with van der Waals surface area (Å²) in [6.07, 6.45) is 2.11. The molecule has 2 rings (SSSR count). The summed E-state index contributed by atoms with van der Waals surface area (Å²) in [7, 11) is 0. The minimum atomic E-state index is -0.599. The Morgan fingerprint density at radius 3 is 2.21 bits per heavy atom. The average molecular weight is 384 g/mol. The van der Waals surface area contributed by atoms with Crippen LogP contribution in [0.5, 0.6) is 5.88 Å². The van der Waals surface area contributed by atoms with Gasteiger partial charge in [-0.25, -0.2) is 4.98 Å². The molecule has 0 aliphatic heterocycles. The topological polar surface area (TPSA) is 69.4 Å². The molecule has 0 unspecified atom stereocenters. The van der Waals surface area contributed by atoms with E-state index in [1.807, 2.05) is 45.9 Å². The molecule has 28 heavy (non-hydrogen) atoms. The van der Waals surface area contributed by atoms with Crippen LogP contribution in [0.15, 0.2) is 36.5 Å². The van der Waals surface area contributed by atoms with Gasteiger partial charge in [0.15, 0.2) is 0 Å². The normalized spacial score (nSPS) is 10.5. The van der Waals surface area contributed by atoms with Crippen LogP contribution < -0.4 is 9.64 Å². The minimum Gasteiger partial charge on any atom is -0.471 e. The second-order valence-electron chi connectivity index (χ2n) is 6.70. The van der Waals surface area contributed by atoms with Gasteiger partial charge in [0.25, 0.3) is 0 Å². The monoisotopic (exact) mass is 383 g/mol. The molecule has 0 radical (unpaired) electrons. The van der Waals surface area contributed by atoms with E-state index in [-0.39, 0.29) is 6.61 Å². The van der Waals surface area contributed by atoms with Crippen LogP contribution in [-0.2, 0) is 0 Å². The molecule has 5 heteroatoms. The molecule has 0 spiro atoms. The summed E-state index contributed by atoms with van der Waals surface area (Å²) < 4.78 is 5.92. The smallest absolute Gasteiger partial charge is 0.232 e. The van der Waals surface area contributed by atoms with Crippen LogP contribution in [0.4, 0.5) is 5.69 Å². The lowest BCUT2D eigenvalue weighted by Crippen LogP contribution is -2.30. The van der Waals surface area contributed by atoms with E-state index in [4.69, 9.17) is 4.74 Å². The van der Waals surface area contributed by atoms with E-state index >= 15 is 0 Å². The summed E-state index contributed by atoms with van der Waals surface area (Å²) in [4.78, 5) is 6.51. The van der Waals surface area contributed by atoms with Crippen LogP contribution in [0.2, 0.25) is 0 Å². The number of nitriles is 1. The van der Waals surface area contributed by atoms with Crippen molar-refractivity contribution < 1.29 is 9.84 Å². The van der Waals surface area contributed by atoms with E-state index in [2.05, 4.69) is 41.9 Å². The fourth-order valence-corrected chi connectivity index (χ4v) is 2.89. The minimum absolute atomic E-state index is 0.0153. The second kappa shape index (κ2) is 11.3. The van der Waals surface area contributed by atoms with Gasteiger partial charge in [0.1, 0.15) is 17.2 Å². The third-order valence-electron chi connectivity index (χ3n) is 4.42. The van der Waals surface area contributed by atoms with E-state index < -0.39 is 5.60 Å². The molecule has 1 aromatic heterocycles. The van der Waals surface area contributed by atoms with Crippen LogP contribution in [-0.4, -0.2) is 35.4 Å². The molecule has 0 amide bonds. The molecule has 5 nitrogen and oxygen atoms in total. The number of ether oxygens (including phenoxy) is 1. The van der Waals surface area contributed by atoms with Gasteiger partial charge in [-0.2, -0.15) is 5.26 Å². The maximum Gasteiger partial charge on any atom is 0.232 e. The maximum atomic E-state index is 9.68. The summed E-state index contributed by atoms with van der Waals surface area (Å²) in [6.45, 7) is 13.9. The van der Waals surface area contributed by atoms with Crippen LogP contribution in [0.1, 0.15) is 53.5 Å². The molecule has 0 saturated heterocycles. The van der Waals surface area contributed by atoms with Gasteiger partial charge in [-0.1, -0.05) is 26.0 Å². The highest BCUT2D eigenvalue weighted by Gasteiger charge is 2.23. The highest BCUT2D eigenvalue weighted by molar-refractivity contribution is 5.73. The first kappa shape index (κ1) is 23.5. The Hall–Kier alpha value is -2.58. The molecule has 0 aliphatic carbocycles. The maximum absolute atomic E-state index is 9.68. The number of benzene rings is 1. The Labute approximate surface area is 169 Å². The Morgan fingerprint density at radius 2 is 1.71 bits per heavy atom. The first-order valence-electron chi connectivity index (χ1n) is 10.00. The summed E-state index contributed by atoms with van der Waals surface area (Å²) in [5.41, 5.74) is 2.72. The SMILES string of the molecule is CC.CCN(CC)c1ccc(-c2ccnc(OC(C)(C)CCO)c2C#N)cc1. The first-order valence-corrected chi connectivity index (χ1v) is 10.00. The third-order valence-corrected chi connectivity index (χ3v) is 4.42. The third kappa shape index (κ3) is 5.97. The highest BCUT2D eigenvalue weighted by Crippen LogP contribution is 2.32. The number of rotatable bonds is 8. The van der Waals surface area contributed by atoms with Gasteiger partial charge in [-0.05, 0) is 51.5 Å². The van der Waals surface area contributed by atoms with Gasteiger partial charge in [-0.3, -0.25) is 0 Å². The molecular weight excluding hydrogens is 350 g/mol. The van der Waals surface area contributed by atoms with E-state index in [0.29, 0.717) is 17.9 Å². The fourth-order valence-electron chi connectivity index (χ4n) is 2.89. The zero-order chi connectivity index (χ0) is 21.2. The van der Waals surface area contributed by atoms with Gasteiger partial charge in [0.05, 0.1) is 0 Å². The van der Waals surface area contributed by atoms with E-state index in [1.165, 1.54) is 0 Å². The first-order chi connectivity index (χ1) is 13.5. The molecule has 2 aromatic rings. The highest BCUT2D eigenvalue weighted by atomic mass is 16.5. The number of aliphatic hydroxyl groups is 1. The molecule has 1 N–H and O–H groups in total. The Kier molecular flexibility index (Phi) is 9.47. The standard InChI is InChI=1S/C21H27N3O2.C2H6/c1-5-24(6-2)17-9-7-16(8-10-17)18-11-13-23-20(19(18)15-22)26-21(3,4)12-14-25;1-2/h7-11,13,25H,5-6,12,14H2,1-4H3;1-2H3. The van der Waals surface area contributed by atoms with Crippen LogP contribution >= 0.6 is 0 Å². The van der Waals surface area contributed by atoms with Crippen molar-refractivity contribution in [1.82, 2.24) is 4.98 Å². The summed E-state index contributed by atoms with van der Waals surface area (Å²) in [6, 6.07) is 12.2. The number of anilines is 1. The zero-order valence-electron chi connectivity index (χ0n) is 18.0. The van der Waals surface area contributed by atoms with Crippen molar-refractivity contribution in [1.29, 1.82) is 5.26 Å². The molecule has 1 heterocycles.